The molecule has 1 fully saturated rings. The first-order chi connectivity index (χ1) is 16.2. The van der Waals surface area contributed by atoms with Crippen molar-refractivity contribution in [3.05, 3.63) is 47.5 Å². The molecule has 0 unspecified atom stereocenters. The predicted octanol–water partition coefficient (Wildman–Crippen LogP) is 0.190. The highest BCUT2D eigenvalue weighted by molar-refractivity contribution is 6.10. The lowest BCUT2D eigenvalue weighted by Crippen LogP contribution is -2.60. The van der Waals surface area contributed by atoms with Crippen LogP contribution in [0.4, 0.5) is 0 Å². The molecule has 6 N–H and O–H groups in total. The molecule has 1 aliphatic rings. The van der Waals surface area contributed by atoms with E-state index in [1.807, 2.05) is 0 Å². The topological polar surface area (TPSA) is 175 Å². The fraction of sp³-hybridized carbons (Fsp3) is 0.348. The molecule has 11 nitrogen and oxygen atoms in total. The van der Waals surface area contributed by atoms with E-state index in [2.05, 4.69) is 0 Å². The summed E-state index contributed by atoms with van der Waals surface area (Å²) in [6, 6.07) is 6.89. The Labute approximate surface area is 194 Å². The van der Waals surface area contributed by atoms with E-state index in [9.17, 15) is 35.4 Å². The number of benzene rings is 2. The van der Waals surface area contributed by atoms with Crippen LogP contribution in [0.1, 0.15) is 15.9 Å². The molecule has 0 radical (unpaired) electrons. The molecule has 0 bridgehead atoms. The molecule has 0 spiro atoms. The zero-order valence-corrected chi connectivity index (χ0v) is 18.4. The highest BCUT2D eigenvalue weighted by Crippen LogP contribution is 2.36. The van der Waals surface area contributed by atoms with Crippen molar-refractivity contribution in [2.45, 2.75) is 30.7 Å². The first-order valence-corrected chi connectivity index (χ1v) is 10.2. The number of carbonyl (C=O) groups is 1. The number of ketones is 1. The summed E-state index contributed by atoms with van der Waals surface area (Å²) in [5, 5.41) is 59.8. The van der Waals surface area contributed by atoms with Crippen LogP contribution in [0.5, 0.6) is 28.7 Å². The Morgan fingerprint density at radius 1 is 0.971 bits per heavy atom. The third kappa shape index (κ3) is 5.24. The van der Waals surface area contributed by atoms with Gasteiger partial charge >= 0.3 is 0 Å². The Morgan fingerprint density at radius 2 is 1.71 bits per heavy atom. The van der Waals surface area contributed by atoms with Gasteiger partial charge < -0.3 is 49.6 Å². The second kappa shape index (κ2) is 10.7. The molecule has 5 atom stereocenters. The SMILES string of the molecule is COc1cc(O)c(C(=O)/C=C/c2ccc(O)c(OC)c2)c(O[C@@H]2O[C@H](CO)[C@@H](O)[C@H](O)[C@H]2O)c1. The summed E-state index contributed by atoms with van der Waals surface area (Å²) in [5.41, 5.74) is 0.229. The van der Waals surface area contributed by atoms with Crippen LogP contribution in [0, 0.1) is 0 Å². The molecule has 0 amide bonds. The van der Waals surface area contributed by atoms with Gasteiger partial charge in [-0.25, -0.2) is 0 Å². The van der Waals surface area contributed by atoms with Gasteiger partial charge in [-0.3, -0.25) is 4.79 Å². The molecule has 1 saturated heterocycles. The summed E-state index contributed by atoms with van der Waals surface area (Å²) in [6.45, 7) is -0.668. The number of rotatable bonds is 8. The fourth-order valence-corrected chi connectivity index (χ4v) is 3.38. The van der Waals surface area contributed by atoms with Gasteiger partial charge in [-0.05, 0) is 23.8 Å². The van der Waals surface area contributed by atoms with E-state index >= 15 is 0 Å². The second-order valence-corrected chi connectivity index (χ2v) is 7.46. The minimum atomic E-state index is -1.73. The fourth-order valence-electron chi connectivity index (χ4n) is 3.38. The summed E-state index contributed by atoms with van der Waals surface area (Å²) in [6.07, 6.45) is -5.26. The van der Waals surface area contributed by atoms with Gasteiger partial charge in [0.05, 0.1) is 20.8 Å². The Morgan fingerprint density at radius 3 is 2.35 bits per heavy atom. The van der Waals surface area contributed by atoms with E-state index in [4.69, 9.17) is 18.9 Å². The average molecular weight is 478 g/mol. The number of ether oxygens (including phenoxy) is 4. The van der Waals surface area contributed by atoms with Crippen LogP contribution in [0.25, 0.3) is 6.08 Å². The molecule has 1 aliphatic heterocycles. The second-order valence-electron chi connectivity index (χ2n) is 7.46. The summed E-state index contributed by atoms with van der Waals surface area (Å²) in [5.74, 6) is -1.16. The number of phenolic OH excluding ortho intramolecular Hbond substituents is 2. The molecule has 0 aromatic heterocycles. The Hall–Kier alpha value is -3.35. The van der Waals surface area contributed by atoms with Gasteiger partial charge in [-0.2, -0.15) is 0 Å². The van der Waals surface area contributed by atoms with Crippen molar-refractivity contribution in [3.63, 3.8) is 0 Å². The lowest BCUT2D eigenvalue weighted by Gasteiger charge is -2.39. The van der Waals surface area contributed by atoms with Crippen LogP contribution < -0.4 is 14.2 Å². The van der Waals surface area contributed by atoms with Gasteiger partial charge in [0.2, 0.25) is 6.29 Å². The number of hydrogen-bond acceptors (Lipinski definition) is 11. The van der Waals surface area contributed by atoms with Crippen molar-refractivity contribution in [1.29, 1.82) is 0 Å². The molecule has 3 rings (SSSR count). The van der Waals surface area contributed by atoms with Crippen molar-refractivity contribution in [1.82, 2.24) is 0 Å². The first-order valence-electron chi connectivity index (χ1n) is 10.2. The van der Waals surface area contributed by atoms with Crippen molar-refractivity contribution in [2.24, 2.45) is 0 Å². The minimum absolute atomic E-state index is 0.0750. The number of aliphatic hydroxyl groups excluding tert-OH is 4. The van der Waals surface area contributed by atoms with Crippen LogP contribution in [0.15, 0.2) is 36.4 Å². The maximum atomic E-state index is 13.0. The predicted molar refractivity (Wildman–Crippen MR) is 117 cm³/mol. The summed E-state index contributed by atoms with van der Waals surface area (Å²) in [4.78, 5) is 13.0. The van der Waals surface area contributed by atoms with Gasteiger partial charge in [0, 0.05) is 12.1 Å². The standard InChI is InChI=1S/C23H26O11/c1-31-12-8-15(27)19(14(26)6-4-11-3-5-13(25)16(7-11)32-2)17(9-12)33-23-22(30)21(29)20(28)18(10-24)34-23/h3-9,18,20-25,27-30H,10H2,1-2H3/b6-4+/t18-,20-,21+,22-,23-/m1/s1. The number of hydrogen-bond donors (Lipinski definition) is 6. The highest BCUT2D eigenvalue weighted by Gasteiger charge is 2.45. The Bertz CT molecular complexity index is 1050. The van der Waals surface area contributed by atoms with Gasteiger partial charge in [0.15, 0.2) is 17.3 Å². The average Bonchev–Trinajstić information content (AvgIpc) is 2.83. The molecule has 0 aliphatic carbocycles. The Kier molecular flexibility index (Phi) is 7.97. The summed E-state index contributed by atoms with van der Waals surface area (Å²) < 4.78 is 21.0. The number of phenols is 2. The number of allylic oxidation sites excluding steroid dienone is 1. The lowest BCUT2D eigenvalue weighted by atomic mass is 9.99. The molecule has 34 heavy (non-hydrogen) atoms. The maximum Gasteiger partial charge on any atom is 0.229 e. The molecule has 2 aromatic carbocycles. The van der Waals surface area contributed by atoms with Crippen molar-refractivity contribution < 1.29 is 54.4 Å². The molecule has 0 saturated carbocycles. The lowest BCUT2D eigenvalue weighted by molar-refractivity contribution is -0.277. The smallest absolute Gasteiger partial charge is 0.229 e. The number of carbonyl (C=O) groups excluding carboxylic acids is 1. The number of aromatic hydroxyl groups is 2. The largest absolute Gasteiger partial charge is 0.507 e. The van der Waals surface area contributed by atoms with Crippen molar-refractivity contribution in [2.75, 3.05) is 20.8 Å². The maximum absolute atomic E-state index is 13.0. The van der Waals surface area contributed by atoms with Crippen LogP contribution in [0.3, 0.4) is 0 Å². The van der Waals surface area contributed by atoms with E-state index in [1.165, 1.54) is 44.6 Å². The van der Waals surface area contributed by atoms with E-state index in [-0.39, 0.29) is 28.6 Å². The van der Waals surface area contributed by atoms with E-state index < -0.39 is 48.8 Å². The molecule has 1 heterocycles. The van der Waals surface area contributed by atoms with Crippen LogP contribution in [0.2, 0.25) is 0 Å². The van der Waals surface area contributed by atoms with E-state index in [0.29, 0.717) is 5.56 Å². The monoisotopic (exact) mass is 478 g/mol. The van der Waals surface area contributed by atoms with Gasteiger partial charge in [0.25, 0.3) is 0 Å². The molecular weight excluding hydrogens is 452 g/mol. The number of methoxy groups -OCH3 is 2. The third-order valence-electron chi connectivity index (χ3n) is 5.26. The Balaban J connectivity index is 1.93. The summed E-state index contributed by atoms with van der Waals surface area (Å²) >= 11 is 0. The van der Waals surface area contributed by atoms with Crippen LogP contribution >= 0.6 is 0 Å². The highest BCUT2D eigenvalue weighted by atomic mass is 16.7. The summed E-state index contributed by atoms with van der Waals surface area (Å²) in [7, 11) is 2.71. The number of aliphatic hydroxyl groups is 4. The van der Waals surface area contributed by atoms with Crippen molar-refractivity contribution >= 4 is 11.9 Å². The zero-order chi connectivity index (χ0) is 25.0. The molecule has 184 valence electrons. The molecule has 11 heteroatoms. The molecular formula is C23H26O11. The van der Waals surface area contributed by atoms with Crippen molar-refractivity contribution in [3.8, 4) is 28.7 Å². The van der Waals surface area contributed by atoms with Crippen LogP contribution in [-0.2, 0) is 4.74 Å². The quantitative estimate of drug-likeness (QED) is 0.226. The first kappa shape index (κ1) is 25.3. The normalized spacial score (nSPS) is 24.7. The third-order valence-corrected chi connectivity index (χ3v) is 5.26. The van der Waals surface area contributed by atoms with Gasteiger partial charge in [-0.1, -0.05) is 12.1 Å². The minimum Gasteiger partial charge on any atom is -0.507 e. The van der Waals surface area contributed by atoms with Gasteiger partial charge in [-0.15, -0.1) is 0 Å². The zero-order valence-electron chi connectivity index (χ0n) is 18.4. The molecule has 2 aromatic rings. The van der Waals surface area contributed by atoms with E-state index in [0.717, 1.165) is 6.08 Å². The van der Waals surface area contributed by atoms with Crippen LogP contribution in [-0.4, -0.2) is 88.0 Å². The van der Waals surface area contributed by atoms with E-state index in [1.54, 1.807) is 6.07 Å². The van der Waals surface area contributed by atoms with Gasteiger partial charge in [0.1, 0.15) is 47.2 Å².